The molecular weight excluding hydrogens is 394 g/mol. The number of hydrogen-bond acceptors (Lipinski definition) is 6. The van der Waals surface area contributed by atoms with Gasteiger partial charge in [-0.05, 0) is 25.3 Å². The maximum Gasteiger partial charge on any atom is 0.220 e. The quantitative estimate of drug-likeness (QED) is 0.433. The van der Waals surface area contributed by atoms with E-state index in [9.17, 15) is 4.79 Å². The van der Waals surface area contributed by atoms with Crippen LogP contribution >= 0.6 is 0 Å². The molecule has 3 rings (SSSR count). The van der Waals surface area contributed by atoms with Crippen LogP contribution in [0.5, 0.6) is 0 Å². The Morgan fingerprint density at radius 1 is 1.26 bits per heavy atom. The van der Waals surface area contributed by atoms with Crippen LogP contribution in [0, 0.1) is 5.92 Å². The number of nitrogens with two attached hydrogens (primary N) is 1. The molecular formula is C22H33N7O2. The number of aryl methyl sites for hydroxylation is 2. The Morgan fingerprint density at radius 3 is 2.65 bits per heavy atom. The van der Waals surface area contributed by atoms with Crippen molar-refractivity contribution in [3.05, 3.63) is 40.9 Å². The summed E-state index contributed by atoms with van der Waals surface area (Å²) in [4.78, 5) is 22.6. The fourth-order valence-electron chi connectivity index (χ4n) is 3.94. The number of pyridine rings is 1. The molecule has 0 bridgehead atoms. The topological polar surface area (TPSA) is 122 Å². The first-order valence-electron chi connectivity index (χ1n) is 11.0. The summed E-state index contributed by atoms with van der Waals surface area (Å²) in [6.07, 6.45) is 4.97. The van der Waals surface area contributed by atoms with E-state index < -0.39 is 0 Å². The SMILES string of the molecule is CCc1noc(CC)c1CNC(=NC)NCc1cccnc1N1CCC(C(N)=O)CC1. The molecule has 9 heteroatoms. The van der Waals surface area contributed by atoms with Crippen molar-refractivity contribution in [2.75, 3.05) is 25.0 Å². The lowest BCUT2D eigenvalue weighted by Gasteiger charge is -2.32. The van der Waals surface area contributed by atoms with Crippen molar-refractivity contribution in [1.82, 2.24) is 20.8 Å². The molecule has 0 spiro atoms. The molecule has 4 N–H and O–H groups in total. The molecule has 31 heavy (non-hydrogen) atoms. The van der Waals surface area contributed by atoms with Crippen molar-refractivity contribution >= 4 is 17.7 Å². The summed E-state index contributed by atoms with van der Waals surface area (Å²) in [5.74, 6) is 2.31. The highest BCUT2D eigenvalue weighted by Gasteiger charge is 2.25. The van der Waals surface area contributed by atoms with Gasteiger partial charge >= 0.3 is 0 Å². The molecule has 168 valence electrons. The van der Waals surface area contributed by atoms with Crippen LogP contribution in [0.15, 0.2) is 27.8 Å². The Kier molecular flexibility index (Phi) is 7.86. The summed E-state index contributed by atoms with van der Waals surface area (Å²) in [7, 11) is 1.75. The van der Waals surface area contributed by atoms with Gasteiger partial charge in [0.05, 0.1) is 5.69 Å². The average Bonchev–Trinajstić information content (AvgIpc) is 3.21. The van der Waals surface area contributed by atoms with Gasteiger partial charge in [0.2, 0.25) is 5.91 Å². The highest BCUT2D eigenvalue weighted by Crippen LogP contribution is 2.24. The summed E-state index contributed by atoms with van der Waals surface area (Å²) in [6, 6.07) is 4.00. The zero-order chi connectivity index (χ0) is 22.2. The zero-order valence-corrected chi connectivity index (χ0v) is 18.6. The maximum atomic E-state index is 11.5. The van der Waals surface area contributed by atoms with Crippen molar-refractivity contribution in [3.63, 3.8) is 0 Å². The molecule has 0 atom stereocenters. The number of hydrogen-bond donors (Lipinski definition) is 3. The summed E-state index contributed by atoms with van der Waals surface area (Å²) in [5.41, 5.74) is 8.63. The van der Waals surface area contributed by atoms with Crippen LogP contribution in [0.3, 0.4) is 0 Å². The van der Waals surface area contributed by atoms with Gasteiger partial charge in [-0.2, -0.15) is 0 Å². The number of guanidine groups is 1. The van der Waals surface area contributed by atoms with E-state index in [1.807, 2.05) is 6.07 Å². The highest BCUT2D eigenvalue weighted by atomic mass is 16.5. The molecule has 0 aromatic carbocycles. The molecule has 1 fully saturated rings. The first kappa shape index (κ1) is 22.6. The highest BCUT2D eigenvalue weighted by molar-refractivity contribution is 5.80. The normalized spacial score (nSPS) is 15.2. The van der Waals surface area contributed by atoms with Gasteiger partial charge in [0.1, 0.15) is 11.6 Å². The summed E-state index contributed by atoms with van der Waals surface area (Å²) < 4.78 is 5.44. The number of aliphatic imine (C=N–C) groups is 1. The van der Waals surface area contributed by atoms with Crippen LogP contribution in [0.2, 0.25) is 0 Å². The third-order valence-electron chi connectivity index (χ3n) is 5.77. The fraction of sp³-hybridized carbons (Fsp3) is 0.545. The molecule has 1 saturated heterocycles. The number of aromatic nitrogens is 2. The van der Waals surface area contributed by atoms with E-state index in [0.717, 1.165) is 67.2 Å². The van der Waals surface area contributed by atoms with Crippen molar-refractivity contribution in [3.8, 4) is 0 Å². The largest absolute Gasteiger partial charge is 0.369 e. The van der Waals surface area contributed by atoms with Crippen molar-refractivity contribution in [2.45, 2.75) is 52.6 Å². The minimum Gasteiger partial charge on any atom is -0.369 e. The molecule has 2 aromatic rings. The van der Waals surface area contributed by atoms with Gasteiger partial charge < -0.3 is 25.8 Å². The minimum absolute atomic E-state index is 0.0389. The van der Waals surface area contributed by atoms with E-state index in [1.54, 1.807) is 13.2 Å². The number of rotatable bonds is 8. The standard InChI is InChI=1S/C22H33N7O2/c1-4-18-17(19(5-2)31-28-18)14-27-22(24-3)26-13-16-7-6-10-25-21(16)29-11-8-15(9-12-29)20(23)30/h6-7,10,15H,4-5,8-9,11-14H2,1-3H3,(H2,23,30)(H2,24,26,27). The first-order valence-corrected chi connectivity index (χ1v) is 11.0. The number of nitrogens with zero attached hydrogens (tertiary/aromatic N) is 4. The van der Waals surface area contributed by atoms with Gasteiger partial charge in [0, 0.05) is 62.9 Å². The van der Waals surface area contributed by atoms with Crippen LogP contribution in [0.1, 0.15) is 49.3 Å². The average molecular weight is 428 g/mol. The molecule has 0 radical (unpaired) electrons. The van der Waals surface area contributed by atoms with Gasteiger partial charge in [-0.1, -0.05) is 25.1 Å². The predicted molar refractivity (Wildman–Crippen MR) is 121 cm³/mol. The lowest BCUT2D eigenvalue weighted by Crippen LogP contribution is -2.40. The Labute approximate surface area is 183 Å². The molecule has 2 aromatic heterocycles. The first-order chi connectivity index (χ1) is 15.1. The summed E-state index contributed by atoms with van der Waals surface area (Å²) in [6.45, 7) is 6.88. The Morgan fingerprint density at radius 2 is 2.00 bits per heavy atom. The Bertz CT molecular complexity index is 880. The molecule has 3 heterocycles. The second-order valence-corrected chi connectivity index (χ2v) is 7.67. The van der Waals surface area contributed by atoms with Gasteiger partial charge in [-0.15, -0.1) is 0 Å². The van der Waals surface area contributed by atoms with Crippen LogP contribution in [-0.2, 0) is 30.7 Å². The van der Waals surface area contributed by atoms with Crippen LogP contribution in [-0.4, -0.2) is 42.1 Å². The second kappa shape index (κ2) is 10.8. The van der Waals surface area contributed by atoms with Gasteiger partial charge in [-0.25, -0.2) is 4.98 Å². The number of carbonyl (C=O) groups excluding carboxylic acids is 1. The lowest BCUT2D eigenvalue weighted by atomic mass is 9.96. The monoisotopic (exact) mass is 427 g/mol. The Hall–Kier alpha value is -3.10. The molecule has 0 aliphatic carbocycles. The molecule has 0 unspecified atom stereocenters. The number of carbonyl (C=O) groups is 1. The predicted octanol–water partition coefficient (Wildman–Crippen LogP) is 1.76. The van der Waals surface area contributed by atoms with E-state index in [2.05, 4.69) is 50.6 Å². The number of amides is 1. The molecule has 1 amide bonds. The summed E-state index contributed by atoms with van der Waals surface area (Å²) in [5, 5.41) is 10.9. The van der Waals surface area contributed by atoms with Gasteiger partial charge in [0.25, 0.3) is 0 Å². The lowest BCUT2D eigenvalue weighted by molar-refractivity contribution is -0.122. The van der Waals surface area contributed by atoms with Crippen molar-refractivity contribution < 1.29 is 9.32 Å². The summed E-state index contributed by atoms with van der Waals surface area (Å²) >= 11 is 0. The number of nitrogens with one attached hydrogen (secondary N) is 2. The number of primary amides is 1. The van der Waals surface area contributed by atoms with Gasteiger partial charge in [0.15, 0.2) is 5.96 Å². The van der Waals surface area contributed by atoms with Gasteiger partial charge in [-0.3, -0.25) is 9.79 Å². The Balaban J connectivity index is 1.60. The van der Waals surface area contributed by atoms with Crippen molar-refractivity contribution in [1.29, 1.82) is 0 Å². The third-order valence-corrected chi connectivity index (χ3v) is 5.77. The molecule has 1 aliphatic heterocycles. The van der Waals surface area contributed by atoms with E-state index in [1.165, 1.54) is 0 Å². The minimum atomic E-state index is -0.206. The molecule has 1 aliphatic rings. The third kappa shape index (κ3) is 5.53. The second-order valence-electron chi connectivity index (χ2n) is 7.67. The van der Waals surface area contributed by atoms with E-state index >= 15 is 0 Å². The van der Waals surface area contributed by atoms with E-state index in [-0.39, 0.29) is 11.8 Å². The smallest absolute Gasteiger partial charge is 0.220 e. The van der Waals surface area contributed by atoms with E-state index in [0.29, 0.717) is 19.0 Å². The fourth-order valence-corrected chi connectivity index (χ4v) is 3.94. The maximum absolute atomic E-state index is 11.5. The number of anilines is 1. The molecule has 9 nitrogen and oxygen atoms in total. The van der Waals surface area contributed by atoms with Crippen LogP contribution in [0.4, 0.5) is 5.82 Å². The van der Waals surface area contributed by atoms with Crippen LogP contribution in [0.25, 0.3) is 0 Å². The molecule has 0 saturated carbocycles. The van der Waals surface area contributed by atoms with Crippen molar-refractivity contribution in [2.24, 2.45) is 16.6 Å². The van der Waals surface area contributed by atoms with Crippen LogP contribution < -0.4 is 21.3 Å². The number of piperidine rings is 1. The zero-order valence-electron chi connectivity index (χ0n) is 18.6. The van der Waals surface area contributed by atoms with E-state index in [4.69, 9.17) is 10.3 Å².